The zero-order valence-electron chi connectivity index (χ0n) is 16.3. The van der Waals surface area contributed by atoms with Crippen molar-refractivity contribution in [2.75, 3.05) is 23.3 Å². The number of fused-ring (bicyclic) bond motifs is 1. The molecule has 0 radical (unpaired) electrons. The maximum atomic E-state index is 12.7. The molecule has 0 saturated carbocycles. The lowest BCUT2D eigenvalue weighted by Crippen LogP contribution is -2.25. The molecule has 29 heavy (non-hydrogen) atoms. The molecule has 10 heteroatoms. The highest BCUT2D eigenvalue weighted by molar-refractivity contribution is 5.94. The molecule has 0 atom stereocenters. The van der Waals surface area contributed by atoms with Crippen molar-refractivity contribution in [1.82, 2.24) is 19.7 Å². The second-order valence-corrected chi connectivity index (χ2v) is 7.06. The van der Waals surface area contributed by atoms with E-state index >= 15 is 0 Å². The first-order valence-electron chi connectivity index (χ1n) is 9.44. The predicted molar refractivity (Wildman–Crippen MR) is 108 cm³/mol. The number of amides is 1. The topological polar surface area (TPSA) is 119 Å². The van der Waals surface area contributed by atoms with Crippen LogP contribution >= 0.6 is 0 Å². The van der Waals surface area contributed by atoms with Gasteiger partial charge >= 0.3 is 5.69 Å². The molecule has 1 saturated heterocycles. The van der Waals surface area contributed by atoms with E-state index < -0.39 is 4.92 Å². The molecule has 0 unspecified atom stereocenters. The van der Waals surface area contributed by atoms with Crippen LogP contribution in [0, 0.1) is 24.0 Å². The van der Waals surface area contributed by atoms with Crippen molar-refractivity contribution < 1.29 is 9.72 Å². The number of nitrogens with one attached hydrogen (secondary N) is 1. The van der Waals surface area contributed by atoms with Gasteiger partial charge in [-0.2, -0.15) is 5.10 Å². The highest BCUT2D eigenvalue weighted by Gasteiger charge is 2.24. The van der Waals surface area contributed by atoms with Crippen LogP contribution in [0.2, 0.25) is 0 Å². The summed E-state index contributed by atoms with van der Waals surface area (Å²) in [6, 6.07) is 7.50. The Kier molecular flexibility index (Phi) is 4.83. The van der Waals surface area contributed by atoms with Gasteiger partial charge in [0, 0.05) is 13.1 Å². The van der Waals surface area contributed by atoms with Gasteiger partial charge in [-0.15, -0.1) is 0 Å². The number of aryl methyl sites for hydroxylation is 1. The molecular formula is C19H21N7O3. The number of hydrogen-bond donors (Lipinski definition) is 1. The number of nitrogens with zero attached hydrogens (tertiary/aromatic N) is 6. The third-order valence-corrected chi connectivity index (χ3v) is 5.03. The highest BCUT2D eigenvalue weighted by atomic mass is 16.6. The minimum absolute atomic E-state index is 0.0685. The Hall–Kier alpha value is -3.56. The summed E-state index contributed by atoms with van der Waals surface area (Å²) in [5, 5.41) is 18.1. The summed E-state index contributed by atoms with van der Waals surface area (Å²) in [7, 11) is 0. The molecule has 0 spiro atoms. The Bertz CT molecular complexity index is 1100. The summed E-state index contributed by atoms with van der Waals surface area (Å²) in [4.78, 5) is 34.8. The number of aromatic nitrogens is 4. The van der Waals surface area contributed by atoms with Gasteiger partial charge in [-0.1, -0.05) is 12.1 Å². The second kappa shape index (κ2) is 7.46. The molecule has 3 heterocycles. The van der Waals surface area contributed by atoms with Crippen molar-refractivity contribution >= 4 is 34.3 Å². The van der Waals surface area contributed by atoms with E-state index in [0.717, 1.165) is 31.4 Å². The smallest absolute Gasteiger partial charge is 0.312 e. The first-order chi connectivity index (χ1) is 13.9. The number of anilines is 2. The minimum Gasteiger partial charge on any atom is -0.354 e. The van der Waals surface area contributed by atoms with Crippen LogP contribution in [0.3, 0.4) is 0 Å². The SMILES string of the molecule is Cc1nn(CC(=O)Nc2nc3ccccc3nc2N2CCCC2)c(C)c1[N+](=O)[O-]. The fraction of sp³-hybridized carbons (Fsp3) is 0.368. The average molecular weight is 395 g/mol. The highest BCUT2D eigenvalue weighted by Crippen LogP contribution is 2.28. The largest absolute Gasteiger partial charge is 0.354 e. The molecule has 1 amide bonds. The monoisotopic (exact) mass is 395 g/mol. The number of hydrogen-bond acceptors (Lipinski definition) is 7. The third kappa shape index (κ3) is 3.60. The standard InChI is InChI=1S/C19H21N7O3/c1-12-17(26(28)29)13(2)25(23-12)11-16(27)22-18-19(24-9-5-6-10-24)21-15-8-4-3-7-14(15)20-18/h3-4,7-8H,5-6,9-11H2,1-2H3,(H,20,22,27). The van der Waals surface area contributed by atoms with Gasteiger partial charge in [-0.25, -0.2) is 9.97 Å². The third-order valence-electron chi connectivity index (χ3n) is 5.03. The number of carbonyl (C=O) groups is 1. The van der Waals surface area contributed by atoms with Crippen molar-refractivity contribution in [3.8, 4) is 0 Å². The van der Waals surface area contributed by atoms with Crippen LogP contribution in [0.5, 0.6) is 0 Å². The van der Waals surface area contributed by atoms with Crippen molar-refractivity contribution in [3.63, 3.8) is 0 Å². The summed E-state index contributed by atoms with van der Waals surface area (Å²) in [5.74, 6) is 0.677. The summed E-state index contributed by atoms with van der Waals surface area (Å²) in [5.41, 5.74) is 2.01. The van der Waals surface area contributed by atoms with E-state index in [1.54, 1.807) is 13.8 Å². The number of para-hydroxylation sites is 2. The van der Waals surface area contributed by atoms with E-state index in [9.17, 15) is 14.9 Å². The first-order valence-corrected chi connectivity index (χ1v) is 9.44. The first kappa shape index (κ1) is 18.8. The number of carbonyl (C=O) groups excluding carboxylic acids is 1. The lowest BCUT2D eigenvalue weighted by atomic mass is 10.3. The van der Waals surface area contributed by atoms with Gasteiger partial charge in [0.15, 0.2) is 11.6 Å². The van der Waals surface area contributed by atoms with E-state index in [-0.39, 0.29) is 23.8 Å². The summed E-state index contributed by atoms with van der Waals surface area (Å²) in [6.45, 7) is 4.71. The quantitative estimate of drug-likeness (QED) is 0.521. The summed E-state index contributed by atoms with van der Waals surface area (Å²) >= 11 is 0. The van der Waals surface area contributed by atoms with Gasteiger partial charge in [0.1, 0.15) is 17.9 Å². The molecule has 0 aliphatic carbocycles. The fourth-order valence-corrected chi connectivity index (χ4v) is 3.64. The molecule has 1 N–H and O–H groups in total. The number of rotatable bonds is 5. The van der Waals surface area contributed by atoms with Gasteiger partial charge in [-0.05, 0) is 38.8 Å². The lowest BCUT2D eigenvalue weighted by Gasteiger charge is -2.20. The predicted octanol–water partition coefficient (Wildman–Crippen LogP) is 2.59. The van der Waals surface area contributed by atoms with Crippen LogP contribution in [0.15, 0.2) is 24.3 Å². The number of nitro groups is 1. The summed E-state index contributed by atoms with van der Waals surface area (Å²) in [6.07, 6.45) is 2.13. The van der Waals surface area contributed by atoms with E-state index in [1.807, 2.05) is 24.3 Å². The molecular weight excluding hydrogens is 374 g/mol. The molecule has 0 bridgehead atoms. The van der Waals surface area contributed by atoms with Crippen LogP contribution < -0.4 is 10.2 Å². The van der Waals surface area contributed by atoms with E-state index in [2.05, 4.69) is 20.3 Å². The Morgan fingerprint density at radius 2 is 1.83 bits per heavy atom. The summed E-state index contributed by atoms with van der Waals surface area (Å²) < 4.78 is 1.34. The van der Waals surface area contributed by atoms with Crippen LogP contribution in [0.1, 0.15) is 24.2 Å². The molecule has 10 nitrogen and oxygen atoms in total. The van der Waals surface area contributed by atoms with Crippen molar-refractivity contribution in [1.29, 1.82) is 0 Å². The Labute approximate surface area is 166 Å². The molecule has 4 rings (SSSR count). The Balaban J connectivity index is 1.63. The lowest BCUT2D eigenvalue weighted by molar-refractivity contribution is -0.386. The van der Waals surface area contributed by atoms with Gasteiger partial charge in [0.25, 0.3) is 0 Å². The fourth-order valence-electron chi connectivity index (χ4n) is 3.64. The van der Waals surface area contributed by atoms with Crippen molar-refractivity contribution in [2.24, 2.45) is 0 Å². The van der Waals surface area contributed by atoms with Crippen molar-refractivity contribution in [2.45, 2.75) is 33.2 Å². The second-order valence-electron chi connectivity index (χ2n) is 7.06. The van der Waals surface area contributed by atoms with Gasteiger partial charge in [-0.3, -0.25) is 19.6 Å². The van der Waals surface area contributed by atoms with E-state index in [0.29, 0.717) is 22.8 Å². The molecule has 2 aromatic heterocycles. The molecule has 3 aromatic rings. The minimum atomic E-state index is -0.480. The molecule has 1 aromatic carbocycles. The van der Waals surface area contributed by atoms with Crippen LogP contribution in [0.4, 0.5) is 17.3 Å². The zero-order chi connectivity index (χ0) is 20.5. The van der Waals surface area contributed by atoms with Crippen LogP contribution in [-0.2, 0) is 11.3 Å². The zero-order valence-corrected chi connectivity index (χ0v) is 16.3. The molecule has 1 aliphatic heterocycles. The molecule has 150 valence electrons. The molecule has 1 aliphatic rings. The van der Waals surface area contributed by atoms with E-state index in [1.165, 1.54) is 4.68 Å². The van der Waals surface area contributed by atoms with Gasteiger partial charge < -0.3 is 10.2 Å². The van der Waals surface area contributed by atoms with Gasteiger partial charge in [0.05, 0.1) is 16.0 Å². The maximum Gasteiger partial charge on any atom is 0.312 e. The Morgan fingerprint density at radius 3 is 2.45 bits per heavy atom. The maximum absolute atomic E-state index is 12.7. The van der Waals surface area contributed by atoms with Crippen LogP contribution in [-0.4, -0.2) is 43.7 Å². The molecule has 1 fully saturated rings. The van der Waals surface area contributed by atoms with Gasteiger partial charge in [0.2, 0.25) is 5.91 Å². The number of benzene rings is 1. The average Bonchev–Trinajstić information content (AvgIpc) is 3.29. The van der Waals surface area contributed by atoms with Crippen LogP contribution in [0.25, 0.3) is 11.0 Å². The van der Waals surface area contributed by atoms with Crippen molar-refractivity contribution in [3.05, 3.63) is 45.8 Å². The Morgan fingerprint density at radius 1 is 1.17 bits per heavy atom. The normalized spacial score (nSPS) is 13.8. The van der Waals surface area contributed by atoms with E-state index in [4.69, 9.17) is 4.98 Å².